The van der Waals surface area contributed by atoms with Crippen LogP contribution in [0.5, 0.6) is 0 Å². The lowest BCUT2D eigenvalue weighted by Gasteiger charge is -2.26. The minimum Gasteiger partial charge on any atom is -0.456 e. The van der Waals surface area contributed by atoms with Crippen LogP contribution >= 0.6 is 0 Å². The Labute approximate surface area is 299 Å². The number of para-hydroxylation sites is 5. The summed E-state index contributed by atoms with van der Waals surface area (Å²) < 4.78 is 15.8. The summed E-state index contributed by atoms with van der Waals surface area (Å²) in [6.45, 7) is 0. The molecule has 11 aromatic rings. The molecule has 0 aliphatic rings. The van der Waals surface area contributed by atoms with E-state index in [9.17, 15) is 0 Å². The molecule has 244 valence electrons. The van der Waals surface area contributed by atoms with Gasteiger partial charge in [-0.3, -0.25) is 0 Å². The lowest BCUT2D eigenvalue weighted by atomic mass is 9.93. The van der Waals surface area contributed by atoms with Crippen LogP contribution in [0.2, 0.25) is 0 Å². The van der Waals surface area contributed by atoms with E-state index in [1.54, 1.807) is 0 Å². The molecule has 0 unspecified atom stereocenters. The third-order valence-electron chi connectivity index (χ3n) is 10.4. The van der Waals surface area contributed by atoms with Crippen LogP contribution in [0.1, 0.15) is 0 Å². The van der Waals surface area contributed by atoms with Crippen LogP contribution in [-0.2, 0) is 0 Å². The molecule has 0 atom stereocenters. The maximum absolute atomic E-state index is 6.71. The summed E-state index contributed by atoms with van der Waals surface area (Å²) in [7, 11) is 0. The molecule has 52 heavy (non-hydrogen) atoms. The van der Waals surface area contributed by atoms with Gasteiger partial charge in [0.2, 0.25) is 0 Å². The third-order valence-corrected chi connectivity index (χ3v) is 10.4. The van der Waals surface area contributed by atoms with Crippen LogP contribution < -0.4 is 4.90 Å². The Balaban J connectivity index is 1.36. The number of anilines is 3. The van der Waals surface area contributed by atoms with E-state index in [4.69, 9.17) is 8.83 Å². The van der Waals surface area contributed by atoms with E-state index in [1.165, 1.54) is 0 Å². The standard InChI is InChI=1S/C48H30N2O2/c1-4-16-31(17-5-1)44-45-36-23-11-13-29-42(36)51-43(45)30-40-47(44)46-37(25-15-26-38(46)50(40)33-20-8-3-9-21-33)49(32-18-6-2-7-19-32)39-27-14-24-35-34-22-10-12-28-41(34)52-48(35)39/h1-30H. The van der Waals surface area contributed by atoms with Crippen molar-refractivity contribution >= 4 is 82.7 Å². The normalized spacial score (nSPS) is 11.8. The number of benzene rings is 8. The molecule has 0 radical (unpaired) electrons. The molecular weight excluding hydrogens is 637 g/mol. The molecule has 4 nitrogen and oxygen atoms in total. The molecule has 11 rings (SSSR count). The SMILES string of the molecule is c1ccc(-c2c3c(cc4c2c2c(N(c5ccccc5)c5cccc6c5oc5ccccc56)cccc2n4-c2ccccc2)oc2ccccc23)cc1. The molecule has 0 fully saturated rings. The highest BCUT2D eigenvalue weighted by Gasteiger charge is 2.27. The molecule has 3 aromatic heterocycles. The summed E-state index contributed by atoms with van der Waals surface area (Å²) >= 11 is 0. The van der Waals surface area contributed by atoms with Gasteiger partial charge in [0.1, 0.15) is 16.7 Å². The summed E-state index contributed by atoms with van der Waals surface area (Å²) in [5.74, 6) is 0. The fourth-order valence-electron chi connectivity index (χ4n) is 8.23. The van der Waals surface area contributed by atoms with Gasteiger partial charge in [0.05, 0.1) is 22.4 Å². The second-order valence-corrected chi connectivity index (χ2v) is 13.2. The smallest absolute Gasteiger partial charge is 0.159 e. The van der Waals surface area contributed by atoms with Crippen molar-refractivity contribution in [1.82, 2.24) is 4.57 Å². The summed E-state index contributed by atoms with van der Waals surface area (Å²) in [6, 6.07) is 64.1. The van der Waals surface area contributed by atoms with Crippen LogP contribution in [0, 0.1) is 0 Å². The van der Waals surface area contributed by atoms with Gasteiger partial charge >= 0.3 is 0 Å². The Morgan fingerprint density at radius 3 is 1.81 bits per heavy atom. The number of fused-ring (bicyclic) bond motifs is 9. The van der Waals surface area contributed by atoms with Crippen molar-refractivity contribution in [1.29, 1.82) is 0 Å². The molecule has 3 heterocycles. The Kier molecular flexibility index (Phi) is 6.22. The largest absolute Gasteiger partial charge is 0.456 e. The third kappa shape index (κ3) is 4.15. The van der Waals surface area contributed by atoms with Crippen molar-refractivity contribution in [2.45, 2.75) is 0 Å². The number of hydrogen-bond acceptors (Lipinski definition) is 3. The van der Waals surface area contributed by atoms with Crippen LogP contribution in [0.3, 0.4) is 0 Å². The average molecular weight is 667 g/mol. The maximum Gasteiger partial charge on any atom is 0.159 e. The van der Waals surface area contributed by atoms with Gasteiger partial charge < -0.3 is 18.3 Å². The highest BCUT2D eigenvalue weighted by atomic mass is 16.3. The van der Waals surface area contributed by atoms with Crippen LogP contribution in [0.15, 0.2) is 191 Å². The fourth-order valence-corrected chi connectivity index (χ4v) is 8.23. The van der Waals surface area contributed by atoms with Gasteiger partial charge in [0.25, 0.3) is 0 Å². The molecule has 0 saturated heterocycles. The van der Waals surface area contributed by atoms with Gasteiger partial charge in [-0.2, -0.15) is 0 Å². The predicted octanol–water partition coefficient (Wildman–Crippen LogP) is 13.7. The lowest BCUT2D eigenvalue weighted by molar-refractivity contribution is 0.669. The van der Waals surface area contributed by atoms with Crippen molar-refractivity contribution in [2.75, 3.05) is 4.90 Å². The van der Waals surface area contributed by atoms with E-state index in [0.717, 1.165) is 99.6 Å². The van der Waals surface area contributed by atoms with Crippen LogP contribution in [0.25, 0.3) is 82.5 Å². The zero-order chi connectivity index (χ0) is 34.2. The number of furan rings is 2. The van der Waals surface area contributed by atoms with Gasteiger partial charge in [-0.25, -0.2) is 0 Å². The minimum absolute atomic E-state index is 0.850. The zero-order valence-electron chi connectivity index (χ0n) is 28.0. The Morgan fingerprint density at radius 2 is 1.02 bits per heavy atom. The van der Waals surface area contributed by atoms with E-state index < -0.39 is 0 Å². The first-order valence-electron chi connectivity index (χ1n) is 17.6. The molecule has 0 aliphatic carbocycles. The monoisotopic (exact) mass is 666 g/mol. The number of aromatic nitrogens is 1. The van der Waals surface area contributed by atoms with E-state index in [2.05, 4.69) is 173 Å². The van der Waals surface area contributed by atoms with E-state index >= 15 is 0 Å². The summed E-state index contributed by atoms with van der Waals surface area (Å²) in [4.78, 5) is 2.37. The van der Waals surface area contributed by atoms with Crippen molar-refractivity contribution in [3.63, 3.8) is 0 Å². The van der Waals surface area contributed by atoms with E-state index in [1.807, 2.05) is 18.2 Å². The van der Waals surface area contributed by atoms with Gasteiger partial charge in [-0.15, -0.1) is 0 Å². The predicted molar refractivity (Wildman–Crippen MR) is 215 cm³/mol. The number of nitrogens with zero attached hydrogens (tertiary/aromatic N) is 2. The number of hydrogen-bond donors (Lipinski definition) is 0. The molecular formula is C48H30N2O2. The molecule has 0 saturated carbocycles. The molecule has 0 amide bonds. The minimum atomic E-state index is 0.850. The molecule has 0 aliphatic heterocycles. The van der Waals surface area contributed by atoms with Crippen molar-refractivity contribution in [3.05, 3.63) is 182 Å². The lowest BCUT2D eigenvalue weighted by Crippen LogP contribution is -2.10. The topological polar surface area (TPSA) is 34.5 Å². The van der Waals surface area contributed by atoms with Crippen LogP contribution in [-0.4, -0.2) is 4.57 Å². The molecule has 0 spiro atoms. The highest BCUT2D eigenvalue weighted by Crippen LogP contribution is 2.51. The summed E-state index contributed by atoms with van der Waals surface area (Å²) in [6.07, 6.45) is 0. The van der Waals surface area contributed by atoms with Gasteiger partial charge in [-0.05, 0) is 60.2 Å². The first-order chi connectivity index (χ1) is 25.8. The number of rotatable bonds is 5. The molecule has 0 bridgehead atoms. The van der Waals surface area contributed by atoms with Gasteiger partial charge in [0, 0.05) is 55.3 Å². The molecule has 8 aromatic carbocycles. The molecule has 4 heteroatoms. The highest BCUT2D eigenvalue weighted by molar-refractivity contribution is 6.29. The average Bonchev–Trinajstić information content (AvgIpc) is 3.88. The van der Waals surface area contributed by atoms with Crippen molar-refractivity contribution in [2.24, 2.45) is 0 Å². The first kappa shape index (κ1) is 28.8. The first-order valence-corrected chi connectivity index (χ1v) is 17.6. The van der Waals surface area contributed by atoms with Gasteiger partial charge in [0.15, 0.2) is 5.58 Å². The van der Waals surface area contributed by atoms with Crippen LogP contribution in [0.4, 0.5) is 17.1 Å². The Morgan fingerprint density at radius 1 is 0.404 bits per heavy atom. The summed E-state index contributed by atoms with van der Waals surface area (Å²) in [5.41, 5.74) is 12.1. The summed E-state index contributed by atoms with van der Waals surface area (Å²) in [5, 5.41) is 6.71. The quantitative estimate of drug-likeness (QED) is 0.183. The Hall–Kier alpha value is -7.04. The van der Waals surface area contributed by atoms with Gasteiger partial charge in [-0.1, -0.05) is 121 Å². The van der Waals surface area contributed by atoms with E-state index in [-0.39, 0.29) is 0 Å². The fraction of sp³-hybridized carbons (Fsp3) is 0. The maximum atomic E-state index is 6.71. The Bertz CT molecular complexity index is 3120. The second-order valence-electron chi connectivity index (χ2n) is 13.2. The second kappa shape index (κ2) is 11.2. The molecule has 0 N–H and O–H groups in total. The van der Waals surface area contributed by atoms with E-state index in [0.29, 0.717) is 0 Å². The van der Waals surface area contributed by atoms with Crippen molar-refractivity contribution in [3.8, 4) is 16.8 Å². The van der Waals surface area contributed by atoms with Crippen molar-refractivity contribution < 1.29 is 8.83 Å². The zero-order valence-corrected chi connectivity index (χ0v) is 28.0.